The molecule has 0 aromatic heterocycles. The van der Waals surface area contributed by atoms with Gasteiger partial charge in [0.15, 0.2) is 0 Å². The van der Waals surface area contributed by atoms with Crippen molar-refractivity contribution in [2.24, 2.45) is 5.92 Å². The van der Waals surface area contributed by atoms with E-state index in [-0.39, 0.29) is 0 Å². The number of halogens is 1. The predicted molar refractivity (Wildman–Crippen MR) is 78.2 cm³/mol. The Labute approximate surface area is 113 Å². The van der Waals surface area contributed by atoms with Gasteiger partial charge in [-0.15, -0.1) is 0 Å². The second-order valence-electron chi connectivity index (χ2n) is 4.72. The Kier molecular flexibility index (Phi) is 7.49. The fraction of sp³-hybridized carbons (Fsp3) is 0.571. The van der Waals surface area contributed by atoms with Gasteiger partial charge in [-0.3, -0.25) is 0 Å². The summed E-state index contributed by atoms with van der Waals surface area (Å²) in [7, 11) is 0. The van der Waals surface area contributed by atoms with Crippen LogP contribution in [-0.2, 0) is 6.54 Å². The van der Waals surface area contributed by atoms with E-state index in [1.807, 2.05) is 6.07 Å². The van der Waals surface area contributed by atoms with Crippen LogP contribution in [0.3, 0.4) is 0 Å². The average molecular weight is 299 g/mol. The Morgan fingerprint density at radius 1 is 1.12 bits per heavy atom. The summed E-state index contributed by atoms with van der Waals surface area (Å²) in [6.07, 6.45) is 1.18. The summed E-state index contributed by atoms with van der Waals surface area (Å²) in [6.45, 7) is 8.68. The molecule has 0 saturated heterocycles. The SMILES string of the molecule is CC(C)CNCCCNCc1ccccc1Br. The van der Waals surface area contributed by atoms with Crippen molar-refractivity contribution in [1.29, 1.82) is 0 Å². The lowest BCUT2D eigenvalue weighted by Crippen LogP contribution is -2.24. The van der Waals surface area contributed by atoms with Crippen LogP contribution in [0.25, 0.3) is 0 Å². The van der Waals surface area contributed by atoms with Crippen molar-refractivity contribution in [3.63, 3.8) is 0 Å². The molecule has 1 aromatic rings. The monoisotopic (exact) mass is 298 g/mol. The minimum absolute atomic E-state index is 0.739. The van der Waals surface area contributed by atoms with Gasteiger partial charge in [-0.05, 0) is 43.6 Å². The number of benzene rings is 1. The van der Waals surface area contributed by atoms with Crippen LogP contribution in [0.5, 0.6) is 0 Å². The Balaban J connectivity index is 2.03. The Morgan fingerprint density at radius 3 is 2.53 bits per heavy atom. The van der Waals surface area contributed by atoms with Crippen molar-refractivity contribution in [3.05, 3.63) is 34.3 Å². The minimum atomic E-state index is 0.739. The topological polar surface area (TPSA) is 24.1 Å². The van der Waals surface area contributed by atoms with Gasteiger partial charge in [0.2, 0.25) is 0 Å². The third-order valence-electron chi connectivity index (χ3n) is 2.53. The predicted octanol–water partition coefficient (Wildman–Crippen LogP) is 3.17. The molecule has 2 nitrogen and oxygen atoms in total. The molecule has 0 bridgehead atoms. The van der Waals surface area contributed by atoms with Crippen LogP contribution in [0.2, 0.25) is 0 Å². The fourth-order valence-corrected chi connectivity index (χ4v) is 2.02. The standard InChI is InChI=1S/C14H23BrN2/c1-12(2)10-16-8-5-9-17-11-13-6-3-4-7-14(13)15/h3-4,6-7,12,16-17H,5,8-11H2,1-2H3. The van der Waals surface area contributed by atoms with Crippen LogP contribution in [0.1, 0.15) is 25.8 Å². The smallest absolute Gasteiger partial charge is 0.0220 e. The normalized spacial score (nSPS) is 11.1. The van der Waals surface area contributed by atoms with Crippen LogP contribution in [0.4, 0.5) is 0 Å². The molecule has 0 spiro atoms. The highest BCUT2D eigenvalue weighted by molar-refractivity contribution is 9.10. The molecule has 0 fully saturated rings. The lowest BCUT2D eigenvalue weighted by atomic mass is 10.2. The van der Waals surface area contributed by atoms with E-state index >= 15 is 0 Å². The first kappa shape index (κ1) is 14.7. The summed E-state index contributed by atoms with van der Waals surface area (Å²) in [4.78, 5) is 0. The van der Waals surface area contributed by atoms with E-state index in [1.54, 1.807) is 0 Å². The van der Waals surface area contributed by atoms with Gasteiger partial charge in [0, 0.05) is 11.0 Å². The molecular formula is C14H23BrN2. The minimum Gasteiger partial charge on any atom is -0.316 e. The van der Waals surface area contributed by atoms with Gasteiger partial charge >= 0.3 is 0 Å². The van der Waals surface area contributed by atoms with Gasteiger partial charge in [0.25, 0.3) is 0 Å². The zero-order valence-electron chi connectivity index (χ0n) is 10.8. The van der Waals surface area contributed by atoms with Gasteiger partial charge < -0.3 is 10.6 Å². The Morgan fingerprint density at radius 2 is 1.82 bits per heavy atom. The number of hydrogen-bond acceptors (Lipinski definition) is 2. The van der Waals surface area contributed by atoms with Gasteiger partial charge in [-0.25, -0.2) is 0 Å². The van der Waals surface area contributed by atoms with Crippen molar-refractivity contribution in [3.8, 4) is 0 Å². The lowest BCUT2D eigenvalue weighted by molar-refractivity contribution is 0.530. The molecule has 0 aliphatic rings. The van der Waals surface area contributed by atoms with Crippen molar-refractivity contribution >= 4 is 15.9 Å². The second-order valence-corrected chi connectivity index (χ2v) is 5.57. The maximum atomic E-state index is 3.55. The molecule has 0 amide bonds. The van der Waals surface area contributed by atoms with E-state index in [0.29, 0.717) is 0 Å². The summed E-state index contributed by atoms with van der Waals surface area (Å²) >= 11 is 3.55. The molecule has 0 aliphatic carbocycles. The van der Waals surface area contributed by atoms with Gasteiger partial charge in [0.1, 0.15) is 0 Å². The largest absolute Gasteiger partial charge is 0.316 e. The molecule has 0 heterocycles. The van der Waals surface area contributed by atoms with Crippen molar-refractivity contribution in [1.82, 2.24) is 10.6 Å². The first-order valence-corrected chi connectivity index (χ1v) is 7.14. The van der Waals surface area contributed by atoms with Crippen molar-refractivity contribution < 1.29 is 0 Å². The van der Waals surface area contributed by atoms with Crippen molar-refractivity contribution in [2.45, 2.75) is 26.8 Å². The molecule has 17 heavy (non-hydrogen) atoms. The number of nitrogens with one attached hydrogen (secondary N) is 2. The van der Waals surface area contributed by atoms with Crippen LogP contribution >= 0.6 is 15.9 Å². The van der Waals surface area contributed by atoms with Crippen LogP contribution in [0.15, 0.2) is 28.7 Å². The quantitative estimate of drug-likeness (QED) is 0.721. The summed E-state index contributed by atoms with van der Waals surface area (Å²) in [5.74, 6) is 0.739. The molecule has 0 atom stereocenters. The second kappa shape index (κ2) is 8.67. The molecule has 0 radical (unpaired) electrons. The average Bonchev–Trinajstić information content (AvgIpc) is 2.30. The zero-order chi connectivity index (χ0) is 12.5. The summed E-state index contributed by atoms with van der Waals surface area (Å²) in [5.41, 5.74) is 1.32. The first-order chi connectivity index (χ1) is 8.20. The molecule has 0 saturated carbocycles. The molecule has 2 N–H and O–H groups in total. The number of hydrogen-bond donors (Lipinski definition) is 2. The molecule has 3 heteroatoms. The molecule has 96 valence electrons. The lowest BCUT2D eigenvalue weighted by Gasteiger charge is -2.08. The summed E-state index contributed by atoms with van der Waals surface area (Å²) in [5, 5.41) is 6.91. The van der Waals surface area contributed by atoms with E-state index in [2.05, 4.69) is 58.6 Å². The van der Waals surface area contributed by atoms with E-state index in [0.717, 1.165) is 32.1 Å². The highest BCUT2D eigenvalue weighted by Gasteiger charge is 1.97. The molecule has 0 aliphatic heterocycles. The van der Waals surface area contributed by atoms with E-state index in [1.165, 1.54) is 16.5 Å². The molecule has 0 unspecified atom stereocenters. The third kappa shape index (κ3) is 6.81. The molecular weight excluding hydrogens is 276 g/mol. The first-order valence-electron chi connectivity index (χ1n) is 6.35. The van der Waals surface area contributed by atoms with E-state index in [9.17, 15) is 0 Å². The van der Waals surface area contributed by atoms with E-state index < -0.39 is 0 Å². The highest BCUT2D eigenvalue weighted by Crippen LogP contribution is 2.15. The van der Waals surface area contributed by atoms with Gasteiger partial charge in [-0.1, -0.05) is 48.0 Å². The zero-order valence-corrected chi connectivity index (χ0v) is 12.4. The highest BCUT2D eigenvalue weighted by atomic mass is 79.9. The Hall–Kier alpha value is -0.380. The molecule has 1 rings (SSSR count). The van der Waals surface area contributed by atoms with Gasteiger partial charge in [0.05, 0.1) is 0 Å². The van der Waals surface area contributed by atoms with Crippen LogP contribution in [0, 0.1) is 5.92 Å². The fourth-order valence-electron chi connectivity index (χ4n) is 1.59. The van der Waals surface area contributed by atoms with Crippen LogP contribution in [-0.4, -0.2) is 19.6 Å². The van der Waals surface area contributed by atoms with Crippen molar-refractivity contribution in [2.75, 3.05) is 19.6 Å². The summed E-state index contributed by atoms with van der Waals surface area (Å²) in [6, 6.07) is 8.35. The molecule has 1 aromatic carbocycles. The third-order valence-corrected chi connectivity index (χ3v) is 3.31. The summed E-state index contributed by atoms with van der Waals surface area (Å²) < 4.78 is 1.19. The van der Waals surface area contributed by atoms with E-state index in [4.69, 9.17) is 0 Å². The van der Waals surface area contributed by atoms with Gasteiger partial charge in [-0.2, -0.15) is 0 Å². The van der Waals surface area contributed by atoms with Crippen LogP contribution < -0.4 is 10.6 Å². The Bertz CT molecular complexity index is 313. The maximum Gasteiger partial charge on any atom is 0.0220 e. The number of rotatable bonds is 8. The maximum absolute atomic E-state index is 3.55.